The zero-order valence-corrected chi connectivity index (χ0v) is 13.1. The fourth-order valence-electron chi connectivity index (χ4n) is 4.06. The molecule has 0 radical (unpaired) electrons. The third-order valence-electron chi connectivity index (χ3n) is 5.00. The van der Waals surface area contributed by atoms with Crippen LogP contribution in [-0.2, 0) is 11.3 Å². The topological polar surface area (TPSA) is 40.5 Å². The van der Waals surface area contributed by atoms with E-state index in [9.17, 15) is 9.90 Å². The standard InChI is InChI=1S/C16H23NO2S/c1-10-7-13(11(2)20-10)9-17-14-6-4-3-5-12(14)8-15(17)16(18)19/h7,12,14-15H,3-6,8-9H2,1-2H3,(H,18,19)/t12-,14+,15+/m1/s1. The van der Waals surface area contributed by atoms with Gasteiger partial charge in [0.05, 0.1) is 0 Å². The number of carboxylic acid groups (broad SMARTS) is 1. The van der Waals surface area contributed by atoms with Crippen molar-refractivity contribution < 1.29 is 9.90 Å². The summed E-state index contributed by atoms with van der Waals surface area (Å²) in [4.78, 5) is 16.5. The number of carboxylic acids is 1. The molecule has 1 aliphatic heterocycles. The molecule has 4 heteroatoms. The van der Waals surface area contributed by atoms with Crippen molar-refractivity contribution in [2.75, 3.05) is 0 Å². The minimum absolute atomic E-state index is 0.275. The minimum Gasteiger partial charge on any atom is -0.480 e. The van der Waals surface area contributed by atoms with Crippen LogP contribution in [0.25, 0.3) is 0 Å². The van der Waals surface area contributed by atoms with Crippen LogP contribution in [0.4, 0.5) is 0 Å². The monoisotopic (exact) mass is 293 g/mol. The van der Waals surface area contributed by atoms with Crippen molar-refractivity contribution in [1.29, 1.82) is 0 Å². The molecule has 2 fully saturated rings. The number of fused-ring (bicyclic) bond motifs is 1. The van der Waals surface area contributed by atoms with Crippen LogP contribution in [0.3, 0.4) is 0 Å². The summed E-state index contributed by atoms with van der Waals surface area (Å²) in [7, 11) is 0. The number of hydrogen-bond acceptors (Lipinski definition) is 3. The highest BCUT2D eigenvalue weighted by atomic mass is 32.1. The van der Waals surface area contributed by atoms with Gasteiger partial charge in [-0.1, -0.05) is 12.8 Å². The fraction of sp³-hybridized carbons (Fsp3) is 0.688. The van der Waals surface area contributed by atoms with Crippen molar-refractivity contribution in [1.82, 2.24) is 4.90 Å². The van der Waals surface area contributed by atoms with E-state index in [0.29, 0.717) is 12.0 Å². The Hall–Kier alpha value is -0.870. The SMILES string of the molecule is Cc1cc(CN2[C@H](C(=O)O)C[C@H]3CCCC[C@@H]32)c(C)s1. The average molecular weight is 293 g/mol. The predicted molar refractivity (Wildman–Crippen MR) is 81.1 cm³/mol. The van der Waals surface area contributed by atoms with Gasteiger partial charge in [0, 0.05) is 22.3 Å². The van der Waals surface area contributed by atoms with Crippen LogP contribution < -0.4 is 0 Å². The summed E-state index contributed by atoms with van der Waals surface area (Å²) in [5.41, 5.74) is 1.32. The molecule has 2 aliphatic rings. The molecule has 1 saturated heterocycles. The van der Waals surface area contributed by atoms with Crippen molar-refractivity contribution >= 4 is 17.3 Å². The van der Waals surface area contributed by atoms with E-state index in [1.54, 1.807) is 0 Å². The van der Waals surface area contributed by atoms with Crippen LogP contribution in [0, 0.1) is 19.8 Å². The van der Waals surface area contributed by atoms with E-state index < -0.39 is 5.97 Å². The maximum Gasteiger partial charge on any atom is 0.320 e. The molecule has 3 nitrogen and oxygen atoms in total. The first-order chi connectivity index (χ1) is 9.56. The molecule has 0 bridgehead atoms. The Balaban J connectivity index is 1.84. The van der Waals surface area contributed by atoms with E-state index in [-0.39, 0.29) is 6.04 Å². The number of aliphatic carboxylic acids is 1. The molecule has 110 valence electrons. The van der Waals surface area contributed by atoms with Crippen molar-refractivity contribution in [3.63, 3.8) is 0 Å². The molecule has 0 unspecified atom stereocenters. The van der Waals surface area contributed by atoms with Gasteiger partial charge in [-0.3, -0.25) is 9.69 Å². The lowest BCUT2D eigenvalue weighted by Gasteiger charge is -2.33. The number of aryl methyl sites for hydroxylation is 2. The number of carbonyl (C=O) groups is 1. The molecule has 1 N–H and O–H groups in total. The maximum absolute atomic E-state index is 11.6. The lowest BCUT2D eigenvalue weighted by molar-refractivity contribution is -0.142. The molecule has 0 aromatic carbocycles. The molecular formula is C16H23NO2S. The normalized spacial score (nSPS) is 30.4. The molecule has 3 rings (SSSR count). The molecule has 1 aromatic heterocycles. The van der Waals surface area contributed by atoms with Crippen LogP contribution in [-0.4, -0.2) is 28.1 Å². The third kappa shape index (κ3) is 2.51. The minimum atomic E-state index is -0.635. The first-order valence-electron chi connectivity index (χ1n) is 7.60. The van der Waals surface area contributed by atoms with Gasteiger partial charge in [0.2, 0.25) is 0 Å². The molecule has 1 saturated carbocycles. The average Bonchev–Trinajstić information content (AvgIpc) is 2.91. The quantitative estimate of drug-likeness (QED) is 0.926. The second-order valence-corrected chi connectivity index (χ2v) is 7.77. The van der Waals surface area contributed by atoms with Gasteiger partial charge in [-0.25, -0.2) is 0 Å². The third-order valence-corrected chi connectivity index (χ3v) is 6.01. The number of rotatable bonds is 3. The van der Waals surface area contributed by atoms with Crippen LogP contribution in [0.5, 0.6) is 0 Å². The second kappa shape index (κ2) is 5.49. The van der Waals surface area contributed by atoms with Crippen molar-refractivity contribution in [3.05, 3.63) is 21.4 Å². The van der Waals surface area contributed by atoms with Gasteiger partial charge in [0.1, 0.15) is 6.04 Å². The van der Waals surface area contributed by atoms with Gasteiger partial charge in [0.25, 0.3) is 0 Å². The number of thiophene rings is 1. The second-order valence-electron chi connectivity index (χ2n) is 6.31. The zero-order chi connectivity index (χ0) is 14.3. The molecular weight excluding hydrogens is 270 g/mol. The molecule has 0 spiro atoms. The fourth-order valence-corrected chi connectivity index (χ4v) is 5.00. The highest BCUT2D eigenvalue weighted by Gasteiger charge is 2.45. The Labute approximate surface area is 124 Å². The Kier molecular flexibility index (Phi) is 3.87. The Bertz CT molecular complexity index is 511. The van der Waals surface area contributed by atoms with E-state index in [2.05, 4.69) is 24.8 Å². The highest BCUT2D eigenvalue weighted by Crippen LogP contribution is 2.41. The van der Waals surface area contributed by atoms with Gasteiger partial charge in [-0.05, 0) is 50.7 Å². The predicted octanol–water partition coefficient (Wildman–Crippen LogP) is 3.58. The number of nitrogens with zero attached hydrogens (tertiary/aromatic N) is 1. The van der Waals surface area contributed by atoms with E-state index in [4.69, 9.17) is 0 Å². The molecule has 1 aliphatic carbocycles. The molecule has 0 amide bonds. The summed E-state index contributed by atoms with van der Waals surface area (Å²) in [6.07, 6.45) is 5.77. The maximum atomic E-state index is 11.6. The smallest absolute Gasteiger partial charge is 0.320 e. The largest absolute Gasteiger partial charge is 0.480 e. The van der Waals surface area contributed by atoms with E-state index in [1.807, 2.05) is 11.3 Å². The van der Waals surface area contributed by atoms with Gasteiger partial charge >= 0.3 is 5.97 Å². The first-order valence-corrected chi connectivity index (χ1v) is 8.42. The lowest BCUT2D eigenvalue weighted by Crippen LogP contribution is -2.41. The van der Waals surface area contributed by atoms with Crippen molar-refractivity contribution in [3.8, 4) is 0 Å². The molecule has 20 heavy (non-hydrogen) atoms. The summed E-state index contributed by atoms with van der Waals surface area (Å²) in [5.74, 6) is -0.0334. The van der Waals surface area contributed by atoms with Crippen LogP contribution in [0.1, 0.15) is 47.4 Å². The van der Waals surface area contributed by atoms with Crippen molar-refractivity contribution in [2.24, 2.45) is 5.92 Å². The number of likely N-dealkylation sites (tertiary alicyclic amines) is 1. The Morgan fingerprint density at radius 3 is 2.80 bits per heavy atom. The Morgan fingerprint density at radius 2 is 2.15 bits per heavy atom. The number of hydrogen-bond donors (Lipinski definition) is 1. The van der Waals surface area contributed by atoms with Gasteiger partial charge in [-0.15, -0.1) is 11.3 Å². The zero-order valence-electron chi connectivity index (χ0n) is 12.3. The van der Waals surface area contributed by atoms with E-state index in [1.165, 1.54) is 41.0 Å². The summed E-state index contributed by atoms with van der Waals surface area (Å²) in [6, 6.07) is 2.45. The molecule has 2 heterocycles. The lowest BCUT2D eigenvalue weighted by atomic mass is 9.84. The molecule has 1 aromatic rings. The van der Waals surface area contributed by atoms with E-state index >= 15 is 0 Å². The summed E-state index contributed by atoms with van der Waals surface area (Å²) >= 11 is 1.82. The van der Waals surface area contributed by atoms with Crippen molar-refractivity contribution in [2.45, 2.75) is 64.6 Å². The summed E-state index contributed by atoms with van der Waals surface area (Å²) in [5, 5.41) is 9.54. The van der Waals surface area contributed by atoms with Gasteiger partial charge < -0.3 is 5.11 Å². The first kappa shape index (κ1) is 14.1. The van der Waals surface area contributed by atoms with Gasteiger partial charge in [-0.2, -0.15) is 0 Å². The van der Waals surface area contributed by atoms with Gasteiger partial charge in [0.15, 0.2) is 0 Å². The van der Waals surface area contributed by atoms with E-state index in [0.717, 1.165) is 13.0 Å². The Morgan fingerprint density at radius 1 is 1.40 bits per heavy atom. The highest BCUT2D eigenvalue weighted by molar-refractivity contribution is 7.12. The van der Waals surface area contributed by atoms with Crippen LogP contribution >= 0.6 is 11.3 Å². The summed E-state index contributed by atoms with van der Waals surface area (Å²) in [6.45, 7) is 5.09. The van der Waals surface area contributed by atoms with Crippen LogP contribution in [0.15, 0.2) is 6.07 Å². The van der Waals surface area contributed by atoms with Crippen LogP contribution in [0.2, 0.25) is 0 Å². The molecule has 3 atom stereocenters. The summed E-state index contributed by atoms with van der Waals surface area (Å²) < 4.78 is 0.